The zero-order valence-corrected chi connectivity index (χ0v) is 14.8. The fraction of sp³-hybridized carbons (Fsp3) is 0.0909. The predicted molar refractivity (Wildman–Crippen MR) is 104 cm³/mol. The minimum absolute atomic E-state index is 0.223. The molecule has 1 unspecified atom stereocenters. The van der Waals surface area contributed by atoms with Crippen LogP contribution in [0.5, 0.6) is 0 Å². The Hall–Kier alpha value is -3.44. The summed E-state index contributed by atoms with van der Waals surface area (Å²) in [6.45, 7) is 1.93. The van der Waals surface area contributed by atoms with Gasteiger partial charge in [0.15, 0.2) is 0 Å². The standard InChI is InChI=1S/C22H20N2O3/c1-15-7-5-11-18(13-15)21(25)23-19-12-6-10-17(14-19)20(22(26)24-27)16-8-3-2-4-9-16/h2-14,20,27H,1H3,(H,23,25)(H,24,26). The van der Waals surface area contributed by atoms with Crippen molar-refractivity contribution < 1.29 is 14.8 Å². The summed E-state index contributed by atoms with van der Waals surface area (Å²) in [7, 11) is 0. The number of aryl methyl sites for hydroxylation is 1. The van der Waals surface area contributed by atoms with Crippen molar-refractivity contribution in [1.29, 1.82) is 0 Å². The van der Waals surface area contributed by atoms with Crippen LogP contribution in [0.1, 0.15) is 33.0 Å². The average Bonchev–Trinajstić information content (AvgIpc) is 2.69. The Morgan fingerprint density at radius 2 is 1.56 bits per heavy atom. The van der Waals surface area contributed by atoms with Gasteiger partial charge in [0.25, 0.3) is 11.8 Å². The molecule has 27 heavy (non-hydrogen) atoms. The van der Waals surface area contributed by atoms with E-state index in [9.17, 15) is 9.59 Å². The van der Waals surface area contributed by atoms with Gasteiger partial charge in [0.2, 0.25) is 0 Å². The third kappa shape index (κ3) is 4.40. The highest BCUT2D eigenvalue weighted by atomic mass is 16.5. The Labute approximate surface area is 157 Å². The minimum atomic E-state index is -0.688. The second-order valence-electron chi connectivity index (χ2n) is 6.27. The van der Waals surface area contributed by atoms with E-state index < -0.39 is 11.8 Å². The summed E-state index contributed by atoms with van der Waals surface area (Å²) in [5, 5.41) is 12.0. The minimum Gasteiger partial charge on any atom is -0.322 e. The second-order valence-corrected chi connectivity index (χ2v) is 6.27. The topological polar surface area (TPSA) is 78.4 Å². The Balaban J connectivity index is 1.89. The molecule has 1 atom stereocenters. The quantitative estimate of drug-likeness (QED) is 0.477. The molecule has 136 valence electrons. The normalized spacial score (nSPS) is 11.5. The fourth-order valence-corrected chi connectivity index (χ4v) is 2.99. The van der Waals surface area contributed by atoms with Crippen LogP contribution in [0.4, 0.5) is 5.69 Å². The molecule has 3 aromatic carbocycles. The van der Waals surface area contributed by atoms with Crippen molar-refractivity contribution >= 4 is 17.5 Å². The molecule has 0 heterocycles. The molecule has 0 aliphatic carbocycles. The van der Waals surface area contributed by atoms with E-state index in [1.807, 2.05) is 55.5 Å². The first kappa shape index (κ1) is 18.4. The number of carbonyl (C=O) groups excluding carboxylic acids is 2. The van der Waals surface area contributed by atoms with Gasteiger partial charge in [-0.05, 0) is 42.3 Å². The number of anilines is 1. The molecular formula is C22H20N2O3. The second kappa shape index (κ2) is 8.29. The van der Waals surface area contributed by atoms with Gasteiger partial charge in [-0.15, -0.1) is 0 Å². The Bertz CT molecular complexity index is 955. The lowest BCUT2D eigenvalue weighted by Crippen LogP contribution is -2.27. The predicted octanol–water partition coefficient (Wildman–Crippen LogP) is 3.88. The molecule has 5 heteroatoms. The van der Waals surface area contributed by atoms with Gasteiger partial charge in [0, 0.05) is 11.3 Å². The van der Waals surface area contributed by atoms with Crippen molar-refractivity contribution in [2.45, 2.75) is 12.8 Å². The fourth-order valence-electron chi connectivity index (χ4n) is 2.99. The third-order valence-electron chi connectivity index (χ3n) is 4.26. The van der Waals surface area contributed by atoms with Gasteiger partial charge in [0.1, 0.15) is 0 Å². The average molecular weight is 360 g/mol. The summed E-state index contributed by atoms with van der Waals surface area (Å²) in [4.78, 5) is 24.7. The Kier molecular flexibility index (Phi) is 5.64. The Morgan fingerprint density at radius 1 is 0.852 bits per heavy atom. The number of benzene rings is 3. The van der Waals surface area contributed by atoms with Crippen molar-refractivity contribution in [3.05, 3.63) is 101 Å². The van der Waals surface area contributed by atoms with E-state index in [2.05, 4.69) is 5.32 Å². The van der Waals surface area contributed by atoms with E-state index in [0.717, 1.165) is 11.1 Å². The lowest BCUT2D eigenvalue weighted by atomic mass is 9.90. The monoisotopic (exact) mass is 360 g/mol. The zero-order valence-electron chi connectivity index (χ0n) is 14.8. The number of rotatable bonds is 5. The lowest BCUT2D eigenvalue weighted by Gasteiger charge is -2.17. The summed E-state index contributed by atoms with van der Waals surface area (Å²) in [6.07, 6.45) is 0. The molecule has 0 saturated carbocycles. The summed E-state index contributed by atoms with van der Waals surface area (Å²) >= 11 is 0. The SMILES string of the molecule is Cc1cccc(C(=O)Nc2cccc(C(C(=O)NO)c3ccccc3)c2)c1. The molecule has 0 radical (unpaired) electrons. The maximum Gasteiger partial charge on any atom is 0.255 e. The van der Waals surface area contributed by atoms with Crippen LogP contribution in [-0.4, -0.2) is 17.0 Å². The smallest absolute Gasteiger partial charge is 0.255 e. The molecule has 0 spiro atoms. The van der Waals surface area contributed by atoms with Crippen molar-refractivity contribution in [1.82, 2.24) is 5.48 Å². The van der Waals surface area contributed by atoms with E-state index in [0.29, 0.717) is 16.8 Å². The molecule has 0 aliphatic rings. The van der Waals surface area contributed by atoms with Crippen LogP contribution >= 0.6 is 0 Å². The number of hydrogen-bond acceptors (Lipinski definition) is 3. The lowest BCUT2D eigenvalue weighted by molar-refractivity contribution is -0.129. The maximum atomic E-state index is 12.5. The van der Waals surface area contributed by atoms with Gasteiger partial charge in [-0.3, -0.25) is 14.8 Å². The molecule has 3 aromatic rings. The van der Waals surface area contributed by atoms with Crippen LogP contribution < -0.4 is 10.8 Å². The maximum absolute atomic E-state index is 12.5. The van der Waals surface area contributed by atoms with Crippen molar-refractivity contribution in [3.8, 4) is 0 Å². The molecule has 3 rings (SSSR count). The van der Waals surface area contributed by atoms with E-state index in [1.54, 1.807) is 35.8 Å². The van der Waals surface area contributed by atoms with Gasteiger partial charge >= 0.3 is 0 Å². The van der Waals surface area contributed by atoms with Gasteiger partial charge in [-0.2, -0.15) is 0 Å². The van der Waals surface area contributed by atoms with Crippen LogP contribution in [0.15, 0.2) is 78.9 Å². The largest absolute Gasteiger partial charge is 0.322 e. The molecule has 3 N–H and O–H groups in total. The van der Waals surface area contributed by atoms with E-state index >= 15 is 0 Å². The first-order chi connectivity index (χ1) is 13.1. The van der Waals surface area contributed by atoms with Crippen LogP contribution in [-0.2, 0) is 4.79 Å². The molecule has 0 bridgehead atoms. The zero-order chi connectivity index (χ0) is 19.2. The molecule has 0 saturated heterocycles. The summed E-state index contributed by atoms with van der Waals surface area (Å²) in [5.74, 6) is -1.45. The van der Waals surface area contributed by atoms with Crippen molar-refractivity contribution in [2.24, 2.45) is 0 Å². The molecule has 5 nitrogen and oxygen atoms in total. The Morgan fingerprint density at radius 3 is 2.26 bits per heavy atom. The number of carbonyl (C=O) groups is 2. The van der Waals surface area contributed by atoms with E-state index in [-0.39, 0.29) is 5.91 Å². The summed E-state index contributed by atoms with van der Waals surface area (Å²) in [6, 6.07) is 23.5. The van der Waals surface area contributed by atoms with E-state index in [4.69, 9.17) is 5.21 Å². The number of hydroxylamine groups is 1. The van der Waals surface area contributed by atoms with Crippen LogP contribution in [0.2, 0.25) is 0 Å². The molecule has 0 fully saturated rings. The summed E-state index contributed by atoms with van der Waals surface area (Å²) in [5.41, 5.74) is 5.27. The highest BCUT2D eigenvalue weighted by Crippen LogP contribution is 2.27. The first-order valence-corrected chi connectivity index (χ1v) is 8.55. The van der Waals surface area contributed by atoms with Gasteiger partial charge in [-0.1, -0.05) is 60.2 Å². The van der Waals surface area contributed by atoms with Gasteiger partial charge in [0.05, 0.1) is 5.92 Å². The number of nitrogens with one attached hydrogen (secondary N) is 2. The third-order valence-corrected chi connectivity index (χ3v) is 4.26. The first-order valence-electron chi connectivity index (χ1n) is 8.55. The van der Waals surface area contributed by atoms with Crippen LogP contribution in [0.3, 0.4) is 0 Å². The van der Waals surface area contributed by atoms with Crippen LogP contribution in [0.25, 0.3) is 0 Å². The summed E-state index contributed by atoms with van der Waals surface area (Å²) < 4.78 is 0. The van der Waals surface area contributed by atoms with Gasteiger partial charge in [-0.25, -0.2) is 5.48 Å². The highest BCUT2D eigenvalue weighted by Gasteiger charge is 2.22. The van der Waals surface area contributed by atoms with Crippen LogP contribution in [0, 0.1) is 6.92 Å². The van der Waals surface area contributed by atoms with Crippen molar-refractivity contribution in [3.63, 3.8) is 0 Å². The molecular weight excluding hydrogens is 340 g/mol. The number of amides is 2. The molecule has 0 aliphatic heterocycles. The molecule has 0 aromatic heterocycles. The van der Waals surface area contributed by atoms with Gasteiger partial charge < -0.3 is 5.32 Å². The molecule has 2 amide bonds. The number of hydrogen-bond donors (Lipinski definition) is 3. The highest BCUT2D eigenvalue weighted by molar-refractivity contribution is 6.04. The van der Waals surface area contributed by atoms with Crippen molar-refractivity contribution in [2.75, 3.05) is 5.32 Å². The van der Waals surface area contributed by atoms with E-state index in [1.165, 1.54) is 0 Å².